The zero-order valence-corrected chi connectivity index (χ0v) is 13.3. The van der Waals surface area contributed by atoms with Crippen molar-refractivity contribution in [2.75, 3.05) is 23.7 Å². The first-order chi connectivity index (χ1) is 11.3. The Morgan fingerprint density at radius 3 is 2.09 bits per heavy atom. The minimum absolute atomic E-state index is 0.217. The number of rotatable bonds is 4. The van der Waals surface area contributed by atoms with Gasteiger partial charge in [-0.25, -0.2) is 4.79 Å². The zero-order valence-electron chi connectivity index (χ0n) is 13.3. The van der Waals surface area contributed by atoms with Crippen LogP contribution in [-0.4, -0.2) is 19.1 Å². The molecule has 1 aliphatic rings. The lowest BCUT2D eigenvalue weighted by Gasteiger charge is -2.23. The molecule has 0 bridgehead atoms. The van der Waals surface area contributed by atoms with E-state index in [-0.39, 0.29) is 6.03 Å². The molecule has 23 heavy (non-hydrogen) atoms. The largest absolute Gasteiger partial charge is 0.331 e. The first-order valence-electron chi connectivity index (χ1n) is 8.35. The van der Waals surface area contributed by atoms with Crippen molar-refractivity contribution < 1.29 is 9.69 Å². The number of carbonyl (C=O) groups excluding carboxylic acids is 1. The lowest BCUT2D eigenvalue weighted by molar-refractivity contribution is -0.918. The molecule has 4 heteroatoms. The van der Waals surface area contributed by atoms with E-state index in [4.69, 9.17) is 0 Å². The summed E-state index contributed by atoms with van der Waals surface area (Å²) in [5.41, 5.74) is 2.93. The lowest BCUT2D eigenvalue weighted by Crippen LogP contribution is -3.11. The number of carbonyl (C=O) groups is 1. The van der Waals surface area contributed by atoms with Crippen molar-refractivity contribution >= 4 is 17.4 Å². The molecule has 0 unspecified atom stereocenters. The summed E-state index contributed by atoms with van der Waals surface area (Å²) in [6.45, 7) is 3.63. The summed E-state index contributed by atoms with van der Waals surface area (Å²) in [7, 11) is 0. The molecule has 120 valence electrons. The minimum atomic E-state index is -0.217. The summed E-state index contributed by atoms with van der Waals surface area (Å²) in [6, 6.07) is 17.4. The van der Waals surface area contributed by atoms with Crippen LogP contribution in [0.25, 0.3) is 0 Å². The van der Waals surface area contributed by atoms with Crippen molar-refractivity contribution in [3.05, 3.63) is 60.2 Å². The van der Waals surface area contributed by atoms with E-state index in [1.165, 1.54) is 37.9 Å². The highest BCUT2D eigenvalue weighted by atomic mass is 16.2. The van der Waals surface area contributed by atoms with Gasteiger partial charge >= 0.3 is 6.03 Å². The number of nitrogens with one attached hydrogen (secondary N) is 3. The van der Waals surface area contributed by atoms with Crippen molar-refractivity contribution in [1.29, 1.82) is 0 Å². The molecule has 1 heterocycles. The van der Waals surface area contributed by atoms with E-state index in [2.05, 4.69) is 22.8 Å². The summed E-state index contributed by atoms with van der Waals surface area (Å²) in [4.78, 5) is 13.6. The van der Waals surface area contributed by atoms with E-state index in [1.807, 2.05) is 42.5 Å². The number of hydrogen-bond donors (Lipinski definition) is 3. The smallest absolute Gasteiger partial charge is 0.323 e. The first kappa shape index (κ1) is 15.6. The molecule has 3 rings (SSSR count). The van der Waals surface area contributed by atoms with Gasteiger partial charge in [-0.2, -0.15) is 0 Å². The number of piperidine rings is 1. The molecule has 0 spiro atoms. The second-order valence-corrected chi connectivity index (χ2v) is 6.13. The Morgan fingerprint density at radius 2 is 1.43 bits per heavy atom. The summed E-state index contributed by atoms with van der Waals surface area (Å²) in [5.74, 6) is 0. The fourth-order valence-corrected chi connectivity index (χ4v) is 3.04. The first-order valence-corrected chi connectivity index (χ1v) is 8.35. The highest BCUT2D eigenvalue weighted by molar-refractivity contribution is 5.99. The average Bonchev–Trinajstić information content (AvgIpc) is 2.58. The van der Waals surface area contributed by atoms with Crippen molar-refractivity contribution in [2.45, 2.75) is 25.8 Å². The third kappa shape index (κ3) is 4.83. The van der Waals surface area contributed by atoms with E-state index in [9.17, 15) is 4.79 Å². The van der Waals surface area contributed by atoms with Gasteiger partial charge in [0.05, 0.1) is 13.1 Å². The van der Waals surface area contributed by atoms with E-state index >= 15 is 0 Å². The van der Waals surface area contributed by atoms with E-state index < -0.39 is 0 Å². The Kier molecular flexibility index (Phi) is 5.27. The van der Waals surface area contributed by atoms with Crippen molar-refractivity contribution in [3.63, 3.8) is 0 Å². The van der Waals surface area contributed by atoms with Crippen molar-refractivity contribution in [2.24, 2.45) is 0 Å². The normalized spacial score (nSPS) is 15.1. The topological polar surface area (TPSA) is 45.6 Å². The summed E-state index contributed by atoms with van der Waals surface area (Å²) < 4.78 is 0. The summed E-state index contributed by atoms with van der Waals surface area (Å²) in [6.07, 6.45) is 4.06. The molecule has 0 radical (unpaired) electrons. The monoisotopic (exact) mass is 310 g/mol. The maximum atomic E-state index is 12.0. The van der Waals surface area contributed by atoms with Crippen LogP contribution in [0, 0.1) is 0 Å². The molecule has 0 aliphatic carbocycles. The third-order valence-corrected chi connectivity index (χ3v) is 4.26. The molecule has 0 atom stereocenters. The van der Waals surface area contributed by atoms with Gasteiger partial charge in [0.15, 0.2) is 0 Å². The van der Waals surface area contributed by atoms with Crippen LogP contribution < -0.4 is 15.5 Å². The number of quaternary nitrogens is 1. The predicted molar refractivity (Wildman–Crippen MR) is 93.8 cm³/mol. The zero-order chi connectivity index (χ0) is 15.9. The van der Waals surface area contributed by atoms with Gasteiger partial charge in [0.25, 0.3) is 0 Å². The fraction of sp³-hybridized carbons (Fsp3) is 0.316. The molecule has 1 aliphatic heterocycles. The van der Waals surface area contributed by atoms with E-state index in [0.29, 0.717) is 0 Å². The Morgan fingerprint density at radius 1 is 0.826 bits per heavy atom. The van der Waals surface area contributed by atoms with Gasteiger partial charge in [-0.15, -0.1) is 0 Å². The number of para-hydroxylation sites is 1. The Bertz CT molecular complexity index is 619. The van der Waals surface area contributed by atoms with Crippen LogP contribution in [0.4, 0.5) is 16.2 Å². The number of likely N-dealkylation sites (tertiary alicyclic amines) is 1. The van der Waals surface area contributed by atoms with Crippen LogP contribution in [0.3, 0.4) is 0 Å². The van der Waals surface area contributed by atoms with Gasteiger partial charge < -0.3 is 15.5 Å². The predicted octanol–water partition coefficient (Wildman–Crippen LogP) is 2.90. The highest BCUT2D eigenvalue weighted by Gasteiger charge is 2.13. The van der Waals surface area contributed by atoms with Gasteiger partial charge in [-0.05, 0) is 43.5 Å². The molecule has 0 aromatic heterocycles. The van der Waals surface area contributed by atoms with Crippen molar-refractivity contribution in [3.8, 4) is 0 Å². The van der Waals surface area contributed by atoms with Crippen molar-refractivity contribution in [1.82, 2.24) is 0 Å². The fourth-order valence-electron chi connectivity index (χ4n) is 3.04. The number of amides is 2. The molecule has 2 amide bonds. The second kappa shape index (κ2) is 7.79. The SMILES string of the molecule is O=C(Nc1ccccc1)Nc1ccc(C[NH+]2CCCCC2)cc1. The van der Waals surface area contributed by atoms with Gasteiger partial charge in [0, 0.05) is 16.9 Å². The third-order valence-electron chi connectivity index (χ3n) is 4.26. The lowest BCUT2D eigenvalue weighted by atomic mass is 10.1. The van der Waals surface area contributed by atoms with Crippen LogP contribution in [0.1, 0.15) is 24.8 Å². The standard InChI is InChI=1S/C19H23N3O/c23-19(20-17-7-3-1-4-8-17)21-18-11-9-16(10-12-18)15-22-13-5-2-6-14-22/h1,3-4,7-12H,2,5-6,13-15H2,(H2,20,21,23)/p+1. The molecule has 1 fully saturated rings. The van der Waals surface area contributed by atoms with Gasteiger partial charge in [-0.3, -0.25) is 0 Å². The Labute approximate surface area is 137 Å². The molecule has 4 nitrogen and oxygen atoms in total. The highest BCUT2D eigenvalue weighted by Crippen LogP contribution is 2.11. The quantitative estimate of drug-likeness (QED) is 0.799. The summed E-state index contributed by atoms with van der Waals surface area (Å²) >= 11 is 0. The Hall–Kier alpha value is -2.33. The molecule has 2 aromatic carbocycles. The molecule has 1 saturated heterocycles. The minimum Gasteiger partial charge on any atom is -0.331 e. The van der Waals surface area contributed by atoms with Crippen LogP contribution in [0.15, 0.2) is 54.6 Å². The van der Waals surface area contributed by atoms with Gasteiger partial charge in [0.1, 0.15) is 6.54 Å². The molecule has 3 N–H and O–H groups in total. The van der Waals surface area contributed by atoms with Crippen LogP contribution in [0.5, 0.6) is 0 Å². The number of anilines is 2. The second-order valence-electron chi connectivity index (χ2n) is 6.13. The number of hydrogen-bond acceptors (Lipinski definition) is 1. The molecular weight excluding hydrogens is 286 g/mol. The van der Waals surface area contributed by atoms with Gasteiger partial charge in [-0.1, -0.05) is 30.3 Å². The van der Waals surface area contributed by atoms with Crippen LogP contribution in [0.2, 0.25) is 0 Å². The maximum absolute atomic E-state index is 12.0. The van der Waals surface area contributed by atoms with Crippen LogP contribution in [-0.2, 0) is 6.54 Å². The average molecular weight is 310 g/mol. The van der Waals surface area contributed by atoms with Gasteiger partial charge in [0.2, 0.25) is 0 Å². The number of benzene rings is 2. The van der Waals surface area contributed by atoms with E-state index in [0.717, 1.165) is 17.9 Å². The Balaban J connectivity index is 1.51. The summed E-state index contributed by atoms with van der Waals surface area (Å²) in [5, 5.41) is 5.68. The number of urea groups is 1. The van der Waals surface area contributed by atoms with Crippen LogP contribution >= 0.6 is 0 Å². The molecule has 2 aromatic rings. The maximum Gasteiger partial charge on any atom is 0.323 e. The molecular formula is C19H24N3O+. The molecule has 0 saturated carbocycles. The van der Waals surface area contributed by atoms with E-state index in [1.54, 1.807) is 4.90 Å².